The van der Waals surface area contributed by atoms with Crippen LogP contribution in [-0.2, 0) is 9.53 Å². The van der Waals surface area contributed by atoms with Gasteiger partial charge in [-0.3, -0.25) is 4.79 Å². The van der Waals surface area contributed by atoms with Crippen LogP contribution in [0.4, 0.5) is 4.79 Å². The van der Waals surface area contributed by atoms with Crippen molar-refractivity contribution >= 4 is 12.1 Å². The number of nitrogens with zero attached hydrogens (tertiary/aromatic N) is 1. The van der Waals surface area contributed by atoms with Crippen LogP contribution in [0, 0.1) is 17.3 Å². The Hall–Kier alpha value is -1.26. The van der Waals surface area contributed by atoms with E-state index < -0.39 is 11.6 Å². The van der Waals surface area contributed by atoms with E-state index >= 15 is 0 Å². The molecule has 1 saturated heterocycles. The zero-order chi connectivity index (χ0) is 14.4. The predicted molar refractivity (Wildman–Crippen MR) is 69.8 cm³/mol. The van der Waals surface area contributed by atoms with Gasteiger partial charge in [-0.1, -0.05) is 6.92 Å². The van der Waals surface area contributed by atoms with Crippen molar-refractivity contribution in [2.75, 3.05) is 13.1 Å². The summed E-state index contributed by atoms with van der Waals surface area (Å²) in [6.07, 6.45) is 1.32. The molecule has 2 rings (SSSR count). The van der Waals surface area contributed by atoms with Crippen LogP contribution in [0.3, 0.4) is 0 Å². The minimum absolute atomic E-state index is 0.136. The normalized spacial score (nSPS) is 34.2. The van der Waals surface area contributed by atoms with Crippen LogP contribution >= 0.6 is 0 Å². The summed E-state index contributed by atoms with van der Waals surface area (Å²) in [5.41, 5.74) is -0.620. The molecule has 1 saturated carbocycles. The second-order valence-electron chi connectivity index (χ2n) is 7.01. The van der Waals surface area contributed by atoms with Crippen molar-refractivity contribution in [1.29, 1.82) is 0 Å². The number of carbonyl (C=O) groups excluding carboxylic acids is 1. The van der Waals surface area contributed by atoms with Crippen LogP contribution in [0.15, 0.2) is 0 Å². The number of carbonyl (C=O) groups is 2. The smallest absolute Gasteiger partial charge is 0.410 e. The molecule has 2 aliphatic rings. The molecule has 5 nitrogen and oxygen atoms in total. The van der Waals surface area contributed by atoms with Gasteiger partial charge in [-0.2, -0.15) is 0 Å². The largest absolute Gasteiger partial charge is 0.481 e. The van der Waals surface area contributed by atoms with Gasteiger partial charge >= 0.3 is 12.1 Å². The Morgan fingerprint density at radius 1 is 1.37 bits per heavy atom. The number of carboxylic acids is 1. The summed E-state index contributed by atoms with van der Waals surface area (Å²) in [6.45, 7) is 8.86. The fourth-order valence-electron chi connectivity index (χ4n) is 2.99. The molecule has 2 fully saturated rings. The van der Waals surface area contributed by atoms with E-state index in [-0.39, 0.29) is 23.3 Å². The molecule has 1 aliphatic carbocycles. The number of rotatable bonds is 2. The average molecular weight is 269 g/mol. The molecular weight excluding hydrogens is 246 g/mol. The zero-order valence-electron chi connectivity index (χ0n) is 12.1. The predicted octanol–water partition coefficient (Wildman–Crippen LogP) is 2.35. The molecule has 0 spiro atoms. The van der Waals surface area contributed by atoms with Crippen molar-refractivity contribution in [3.63, 3.8) is 0 Å². The molecule has 5 heteroatoms. The van der Waals surface area contributed by atoms with Crippen LogP contribution in [0.25, 0.3) is 0 Å². The molecule has 0 aromatic rings. The molecule has 108 valence electrons. The number of ether oxygens (including phenoxy) is 1. The van der Waals surface area contributed by atoms with Crippen molar-refractivity contribution in [1.82, 2.24) is 4.90 Å². The van der Waals surface area contributed by atoms with E-state index in [0.717, 1.165) is 12.8 Å². The first-order valence-electron chi connectivity index (χ1n) is 6.84. The zero-order valence-corrected chi connectivity index (χ0v) is 12.1. The van der Waals surface area contributed by atoms with Gasteiger partial charge in [0.1, 0.15) is 5.60 Å². The molecule has 0 radical (unpaired) electrons. The minimum Gasteiger partial charge on any atom is -0.481 e. The first-order chi connectivity index (χ1) is 8.63. The standard InChI is InChI=1S/C14H23NO4/c1-13(2,3)19-12(18)15-6-5-9(8-15)14(4)7-10(14)11(16)17/h9-10H,5-8H2,1-4H3,(H,16,17). The Labute approximate surface area is 113 Å². The molecule has 1 N–H and O–H groups in total. The van der Waals surface area contributed by atoms with Gasteiger partial charge in [0, 0.05) is 13.1 Å². The fraction of sp³-hybridized carbons (Fsp3) is 0.857. The molecule has 3 unspecified atom stereocenters. The van der Waals surface area contributed by atoms with E-state index in [0.29, 0.717) is 13.1 Å². The highest BCUT2D eigenvalue weighted by Gasteiger charge is 2.60. The highest BCUT2D eigenvalue weighted by atomic mass is 16.6. The number of hydrogen-bond acceptors (Lipinski definition) is 3. The second-order valence-corrected chi connectivity index (χ2v) is 7.01. The molecule has 0 aromatic heterocycles. The Kier molecular flexibility index (Phi) is 3.27. The van der Waals surface area contributed by atoms with E-state index in [1.807, 2.05) is 27.7 Å². The van der Waals surface area contributed by atoms with Crippen molar-refractivity contribution in [3.05, 3.63) is 0 Å². The van der Waals surface area contributed by atoms with Crippen molar-refractivity contribution < 1.29 is 19.4 Å². The maximum absolute atomic E-state index is 12.0. The van der Waals surface area contributed by atoms with E-state index in [4.69, 9.17) is 9.84 Å². The molecule has 0 bridgehead atoms. The molecule has 1 aliphatic heterocycles. The Bertz CT molecular complexity index is 401. The number of aliphatic carboxylic acids is 1. The summed E-state index contributed by atoms with van der Waals surface area (Å²) in [5.74, 6) is -0.671. The minimum atomic E-state index is -0.710. The first-order valence-corrected chi connectivity index (χ1v) is 6.84. The van der Waals surface area contributed by atoms with Crippen LogP contribution in [0.2, 0.25) is 0 Å². The van der Waals surface area contributed by atoms with Crippen LogP contribution < -0.4 is 0 Å². The fourth-order valence-corrected chi connectivity index (χ4v) is 2.99. The Balaban J connectivity index is 1.91. The van der Waals surface area contributed by atoms with Crippen molar-refractivity contribution in [2.45, 2.75) is 46.1 Å². The van der Waals surface area contributed by atoms with E-state index in [9.17, 15) is 9.59 Å². The number of likely N-dealkylation sites (tertiary alicyclic amines) is 1. The monoisotopic (exact) mass is 269 g/mol. The lowest BCUT2D eigenvalue weighted by Crippen LogP contribution is -2.36. The summed E-state index contributed by atoms with van der Waals surface area (Å²) < 4.78 is 5.35. The molecular formula is C14H23NO4. The quantitative estimate of drug-likeness (QED) is 0.835. The first kappa shape index (κ1) is 14.2. The maximum atomic E-state index is 12.0. The van der Waals surface area contributed by atoms with Gasteiger partial charge in [0.25, 0.3) is 0 Å². The van der Waals surface area contributed by atoms with Gasteiger partial charge in [0.2, 0.25) is 0 Å². The highest BCUT2D eigenvalue weighted by Crippen LogP contribution is 2.59. The average Bonchev–Trinajstić information content (AvgIpc) is 2.75. The summed E-state index contributed by atoms with van der Waals surface area (Å²) in [6, 6.07) is 0. The molecule has 3 atom stereocenters. The summed E-state index contributed by atoms with van der Waals surface area (Å²) in [4.78, 5) is 24.7. The van der Waals surface area contributed by atoms with E-state index in [1.54, 1.807) is 4.90 Å². The van der Waals surface area contributed by atoms with Crippen molar-refractivity contribution in [2.24, 2.45) is 17.3 Å². The van der Waals surface area contributed by atoms with Gasteiger partial charge in [-0.15, -0.1) is 0 Å². The summed E-state index contributed by atoms with van der Waals surface area (Å²) >= 11 is 0. The van der Waals surface area contributed by atoms with Crippen LogP contribution in [0.5, 0.6) is 0 Å². The Morgan fingerprint density at radius 3 is 2.47 bits per heavy atom. The number of amides is 1. The van der Waals surface area contributed by atoms with Crippen LogP contribution in [0.1, 0.15) is 40.5 Å². The molecule has 19 heavy (non-hydrogen) atoms. The number of hydrogen-bond donors (Lipinski definition) is 1. The highest BCUT2D eigenvalue weighted by molar-refractivity contribution is 5.75. The third kappa shape index (κ3) is 2.85. The maximum Gasteiger partial charge on any atom is 0.410 e. The summed E-state index contributed by atoms with van der Waals surface area (Å²) in [5, 5.41) is 9.07. The lowest BCUT2D eigenvalue weighted by atomic mass is 9.88. The van der Waals surface area contributed by atoms with E-state index in [1.165, 1.54) is 0 Å². The third-order valence-corrected chi connectivity index (χ3v) is 4.35. The van der Waals surface area contributed by atoms with Gasteiger partial charge in [0.15, 0.2) is 0 Å². The van der Waals surface area contributed by atoms with Gasteiger partial charge in [0.05, 0.1) is 5.92 Å². The SMILES string of the molecule is CC(C)(C)OC(=O)N1CCC(C2(C)CC2C(=O)O)C1. The molecule has 0 aromatic carbocycles. The lowest BCUT2D eigenvalue weighted by molar-refractivity contribution is -0.139. The van der Waals surface area contributed by atoms with Crippen molar-refractivity contribution in [3.8, 4) is 0 Å². The topological polar surface area (TPSA) is 66.8 Å². The summed E-state index contributed by atoms with van der Waals surface area (Å²) in [7, 11) is 0. The number of carboxylic acid groups (broad SMARTS) is 1. The van der Waals surface area contributed by atoms with Gasteiger partial charge in [-0.25, -0.2) is 4.79 Å². The lowest BCUT2D eigenvalue weighted by Gasteiger charge is -2.25. The van der Waals surface area contributed by atoms with Gasteiger partial charge < -0.3 is 14.7 Å². The van der Waals surface area contributed by atoms with Gasteiger partial charge in [-0.05, 0) is 44.9 Å². The Morgan fingerprint density at radius 2 is 2.00 bits per heavy atom. The molecule has 1 heterocycles. The third-order valence-electron chi connectivity index (χ3n) is 4.35. The van der Waals surface area contributed by atoms with Crippen LogP contribution in [-0.4, -0.2) is 40.8 Å². The second kappa shape index (κ2) is 4.39. The molecule has 1 amide bonds. The van der Waals surface area contributed by atoms with E-state index in [2.05, 4.69) is 0 Å².